The molecule has 0 aromatic carbocycles. The van der Waals surface area contributed by atoms with E-state index in [1.807, 2.05) is 11.3 Å². The normalized spacial score (nSPS) is 24.7. The molecule has 1 aliphatic rings. The molecule has 0 radical (unpaired) electrons. The van der Waals surface area contributed by atoms with Gasteiger partial charge in [0.1, 0.15) is 0 Å². The number of aryl methyl sites for hydroxylation is 2. The van der Waals surface area contributed by atoms with Gasteiger partial charge in [-0.05, 0) is 50.2 Å². The third-order valence-electron chi connectivity index (χ3n) is 4.43. The summed E-state index contributed by atoms with van der Waals surface area (Å²) in [5.41, 5.74) is 1.45. The Morgan fingerprint density at radius 2 is 2.00 bits per heavy atom. The predicted octanol–water partition coefficient (Wildman–Crippen LogP) is 4.67. The molecule has 18 heavy (non-hydrogen) atoms. The standard InChI is InChI=1S/C16H27NS/c1-11(2)15-7-5-6-8-16(15)17-10-14-9-12(3)13(4)18-14/h9,11,15-17H,5-8,10H2,1-4H3. The van der Waals surface area contributed by atoms with Gasteiger partial charge in [-0.2, -0.15) is 0 Å². The molecule has 2 heteroatoms. The lowest BCUT2D eigenvalue weighted by Gasteiger charge is -2.35. The number of hydrogen-bond donors (Lipinski definition) is 1. The Hall–Kier alpha value is -0.340. The van der Waals surface area contributed by atoms with Crippen molar-refractivity contribution in [2.75, 3.05) is 0 Å². The summed E-state index contributed by atoms with van der Waals surface area (Å²) in [4.78, 5) is 2.97. The van der Waals surface area contributed by atoms with E-state index in [1.165, 1.54) is 41.0 Å². The van der Waals surface area contributed by atoms with Crippen LogP contribution in [0.25, 0.3) is 0 Å². The van der Waals surface area contributed by atoms with Crippen molar-refractivity contribution in [3.8, 4) is 0 Å². The second kappa shape index (κ2) is 6.21. The highest BCUT2D eigenvalue weighted by molar-refractivity contribution is 7.12. The summed E-state index contributed by atoms with van der Waals surface area (Å²) >= 11 is 1.95. The van der Waals surface area contributed by atoms with Crippen LogP contribution in [0, 0.1) is 25.7 Å². The molecule has 0 amide bonds. The zero-order valence-electron chi connectivity index (χ0n) is 12.3. The van der Waals surface area contributed by atoms with E-state index in [2.05, 4.69) is 39.1 Å². The summed E-state index contributed by atoms with van der Waals surface area (Å²) in [5, 5.41) is 3.82. The third-order valence-corrected chi connectivity index (χ3v) is 5.58. The van der Waals surface area contributed by atoms with Crippen LogP contribution in [0.4, 0.5) is 0 Å². The minimum absolute atomic E-state index is 0.737. The molecule has 1 nitrogen and oxygen atoms in total. The Balaban J connectivity index is 1.91. The topological polar surface area (TPSA) is 12.0 Å². The number of nitrogens with one attached hydrogen (secondary N) is 1. The van der Waals surface area contributed by atoms with Gasteiger partial charge in [0.05, 0.1) is 0 Å². The monoisotopic (exact) mass is 265 g/mol. The van der Waals surface area contributed by atoms with Crippen LogP contribution >= 0.6 is 11.3 Å². The second-order valence-electron chi connectivity index (χ2n) is 6.13. The van der Waals surface area contributed by atoms with E-state index in [0.717, 1.165) is 24.4 Å². The minimum Gasteiger partial charge on any atom is -0.309 e. The maximum Gasteiger partial charge on any atom is 0.0302 e. The molecule has 1 aliphatic carbocycles. The van der Waals surface area contributed by atoms with Crippen molar-refractivity contribution < 1.29 is 0 Å². The first-order valence-corrected chi connectivity index (χ1v) is 8.19. The Bertz CT molecular complexity index is 361. The van der Waals surface area contributed by atoms with Crippen molar-refractivity contribution >= 4 is 11.3 Å². The molecule has 0 bridgehead atoms. The van der Waals surface area contributed by atoms with Gasteiger partial charge in [-0.25, -0.2) is 0 Å². The predicted molar refractivity (Wildman–Crippen MR) is 81.2 cm³/mol. The first kappa shape index (κ1) is 14.1. The number of thiophene rings is 1. The Morgan fingerprint density at radius 3 is 2.61 bits per heavy atom. The molecule has 1 aromatic rings. The van der Waals surface area contributed by atoms with Gasteiger partial charge in [0.2, 0.25) is 0 Å². The molecular formula is C16H27NS. The largest absolute Gasteiger partial charge is 0.309 e. The molecule has 0 aliphatic heterocycles. The van der Waals surface area contributed by atoms with Crippen molar-refractivity contribution in [1.82, 2.24) is 5.32 Å². The van der Waals surface area contributed by atoms with Gasteiger partial charge in [-0.1, -0.05) is 26.7 Å². The van der Waals surface area contributed by atoms with Crippen molar-refractivity contribution in [2.45, 2.75) is 66.0 Å². The van der Waals surface area contributed by atoms with E-state index in [4.69, 9.17) is 0 Å². The first-order valence-electron chi connectivity index (χ1n) is 7.37. The van der Waals surface area contributed by atoms with Crippen LogP contribution in [0.3, 0.4) is 0 Å². The summed E-state index contributed by atoms with van der Waals surface area (Å²) in [6, 6.07) is 3.08. The Kier molecular flexibility index (Phi) is 4.85. The van der Waals surface area contributed by atoms with Gasteiger partial charge in [0.15, 0.2) is 0 Å². The molecule has 1 N–H and O–H groups in total. The van der Waals surface area contributed by atoms with E-state index >= 15 is 0 Å². The summed E-state index contributed by atoms with van der Waals surface area (Å²) in [6.07, 6.45) is 5.62. The highest BCUT2D eigenvalue weighted by atomic mass is 32.1. The van der Waals surface area contributed by atoms with Gasteiger partial charge in [-0.15, -0.1) is 11.3 Å². The van der Waals surface area contributed by atoms with Crippen LogP contribution in [0.1, 0.15) is 54.8 Å². The SMILES string of the molecule is Cc1cc(CNC2CCCCC2C(C)C)sc1C. The molecule has 0 saturated heterocycles. The average molecular weight is 265 g/mol. The van der Waals surface area contributed by atoms with Gasteiger partial charge < -0.3 is 5.32 Å². The van der Waals surface area contributed by atoms with Gasteiger partial charge in [-0.3, -0.25) is 0 Å². The average Bonchev–Trinajstić information content (AvgIpc) is 2.66. The van der Waals surface area contributed by atoms with Gasteiger partial charge in [0.25, 0.3) is 0 Å². The molecule has 2 atom stereocenters. The van der Waals surface area contributed by atoms with E-state index < -0.39 is 0 Å². The second-order valence-corrected chi connectivity index (χ2v) is 7.47. The van der Waals surface area contributed by atoms with E-state index in [-0.39, 0.29) is 0 Å². The quantitative estimate of drug-likeness (QED) is 0.834. The number of hydrogen-bond acceptors (Lipinski definition) is 2. The third kappa shape index (κ3) is 3.36. The van der Waals surface area contributed by atoms with Gasteiger partial charge in [0, 0.05) is 22.3 Å². The van der Waals surface area contributed by atoms with Crippen molar-refractivity contribution in [1.29, 1.82) is 0 Å². The minimum atomic E-state index is 0.737. The molecule has 1 aromatic heterocycles. The highest BCUT2D eigenvalue weighted by Gasteiger charge is 2.26. The first-order chi connectivity index (χ1) is 8.58. The summed E-state index contributed by atoms with van der Waals surface area (Å²) in [6.45, 7) is 10.3. The van der Waals surface area contributed by atoms with E-state index in [1.54, 1.807) is 0 Å². The molecule has 0 spiro atoms. The molecule has 102 valence electrons. The Labute approximate surface area is 116 Å². The molecule has 1 saturated carbocycles. The van der Waals surface area contributed by atoms with Crippen LogP contribution in [-0.4, -0.2) is 6.04 Å². The fourth-order valence-corrected chi connectivity index (χ4v) is 4.18. The van der Waals surface area contributed by atoms with E-state index in [0.29, 0.717) is 0 Å². The lowest BCUT2D eigenvalue weighted by Crippen LogP contribution is -2.40. The fourth-order valence-electron chi connectivity index (χ4n) is 3.18. The lowest BCUT2D eigenvalue weighted by molar-refractivity contribution is 0.205. The van der Waals surface area contributed by atoms with Crippen LogP contribution in [0.5, 0.6) is 0 Å². The maximum absolute atomic E-state index is 3.82. The van der Waals surface area contributed by atoms with Crippen molar-refractivity contribution in [2.24, 2.45) is 11.8 Å². The van der Waals surface area contributed by atoms with Crippen LogP contribution in [0.15, 0.2) is 6.07 Å². The van der Waals surface area contributed by atoms with Gasteiger partial charge >= 0.3 is 0 Å². The van der Waals surface area contributed by atoms with Crippen molar-refractivity contribution in [3.63, 3.8) is 0 Å². The fraction of sp³-hybridized carbons (Fsp3) is 0.750. The van der Waals surface area contributed by atoms with E-state index in [9.17, 15) is 0 Å². The lowest BCUT2D eigenvalue weighted by atomic mass is 9.78. The molecule has 1 heterocycles. The van der Waals surface area contributed by atoms with Crippen LogP contribution < -0.4 is 5.32 Å². The molecule has 1 fully saturated rings. The molecule has 2 unspecified atom stereocenters. The number of rotatable bonds is 4. The zero-order valence-corrected chi connectivity index (χ0v) is 13.1. The zero-order chi connectivity index (χ0) is 13.1. The van der Waals surface area contributed by atoms with Crippen molar-refractivity contribution in [3.05, 3.63) is 21.4 Å². The smallest absolute Gasteiger partial charge is 0.0302 e. The molecular weight excluding hydrogens is 238 g/mol. The molecule has 2 rings (SSSR count). The Morgan fingerprint density at radius 1 is 1.28 bits per heavy atom. The summed E-state index contributed by atoms with van der Waals surface area (Å²) in [7, 11) is 0. The highest BCUT2D eigenvalue weighted by Crippen LogP contribution is 2.30. The summed E-state index contributed by atoms with van der Waals surface area (Å²) in [5.74, 6) is 1.69. The van der Waals surface area contributed by atoms with Crippen LogP contribution in [0.2, 0.25) is 0 Å². The van der Waals surface area contributed by atoms with Crippen LogP contribution in [-0.2, 0) is 6.54 Å². The maximum atomic E-state index is 3.82. The summed E-state index contributed by atoms with van der Waals surface area (Å²) < 4.78 is 0.